The second-order valence-electron chi connectivity index (χ2n) is 7.47. The van der Waals surface area contributed by atoms with Gasteiger partial charge in [-0.3, -0.25) is 9.59 Å². The number of amides is 1. The van der Waals surface area contributed by atoms with E-state index in [0.29, 0.717) is 17.0 Å². The third-order valence-electron chi connectivity index (χ3n) is 4.99. The first-order valence-corrected chi connectivity index (χ1v) is 10.00. The van der Waals surface area contributed by atoms with Crippen LogP contribution in [0.25, 0.3) is 17.0 Å². The molecule has 3 N–H and O–H groups in total. The van der Waals surface area contributed by atoms with Gasteiger partial charge in [0, 0.05) is 17.3 Å². The molecule has 0 bridgehead atoms. The predicted molar refractivity (Wildman–Crippen MR) is 117 cm³/mol. The Morgan fingerprint density at radius 1 is 1.15 bits per heavy atom. The van der Waals surface area contributed by atoms with Crippen LogP contribution in [0.1, 0.15) is 34.6 Å². The van der Waals surface area contributed by atoms with Gasteiger partial charge < -0.3 is 15.5 Å². The highest BCUT2D eigenvalue weighted by Gasteiger charge is 2.31. The maximum absolute atomic E-state index is 13.1. The van der Waals surface area contributed by atoms with E-state index >= 15 is 0 Å². The van der Waals surface area contributed by atoms with Crippen molar-refractivity contribution >= 4 is 11.6 Å². The highest BCUT2D eigenvalue weighted by molar-refractivity contribution is 5.92. The van der Waals surface area contributed by atoms with Crippen LogP contribution in [0.15, 0.2) is 76.4 Å². The van der Waals surface area contributed by atoms with Gasteiger partial charge >= 0.3 is 6.18 Å². The molecule has 0 saturated carbocycles. The topological polar surface area (TPSA) is 116 Å². The Morgan fingerprint density at radius 2 is 1.94 bits per heavy atom. The van der Waals surface area contributed by atoms with Crippen molar-refractivity contribution in [2.24, 2.45) is 0 Å². The highest BCUT2D eigenvalue weighted by Crippen LogP contribution is 2.32. The standard InChI is InChI=1S/C23H18F3N5O3/c1-13(15-7-16(23(24,25)26)10-17(27)8-15)29-22(33)19-5-6-21(32)31(30-19)18-4-2-3-14(9-18)20-11-28-12-34-20/h2-13H,27H2,1H3,(H,29,33)/t13-/m1/s1. The number of aromatic nitrogens is 3. The Morgan fingerprint density at radius 3 is 2.65 bits per heavy atom. The van der Waals surface area contributed by atoms with Crippen LogP contribution < -0.4 is 16.6 Å². The van der Waals surface area contributed by atoms with Crippen molar-refractivity contribution < 1.29 is 22.4 Å². The number of carbonyl (C=O) groups excluding carboxylic acids is 1. The first kappa shape index (κ1) is 22.8. The molecule has 0 aliphatic rings. The lowest BCUT2D eigenvalue weighted by Gasteiger charge is -2.17. The van der Waals surface area contributed by atoms with E-state index in [0.717, 1.165) is 16.8 Å². The molecule has 2 heterocycles. The third kappa shape index (κ3) is 4.82. The van der Waals surface area contributed by atoms with Crippen molar-refractivity contribution in [2.45, 2.75) is 19.1 Å². The third-order valence-corrected chi connectivity index (χ3v) is 4.99. The number of carbonyl (C=O) groups is 1. The lowest BCUT2D eigenvalue weighted by atomic mass is 10.0. The maximum atomic E-state index is 13.1. The number of hydrogen-bond donors (Lipinski definition) is 2. The maximum Gasteiger partial charge on any atom is 0.416 e. The fourth-order valence-electron chi connectivity index (χ4n) is 3.31. The summed E-state index contributed by atoms with van der Waals surface area (Å²) in [6.45, 7) is 1.52. The molecule has 0 saturated heterocycles. The number of rotatable bonds is 5. The lowest BCUT2D eigenvalue weighted by molar-refractivity contribution is -0.137. The first-order valence-electron chi connectivity index (χ1n) is 10.00. The van der Waals surface area contributed by atoms with Crippen molar-refractivity contribution in [3.8, 4) is 17.0 Å². The Balaban J connectivity index is 1.60. The number of hydrogen-bond acceptors (Lipinski definition) is 6. The number of halogens is 3. The molecular formula is C23H18F3N5O3. The molecule has 174 valence electrons. The largest absolute Gasteiger partial charge is 0.444 e. The Kier molecular flexibility index (Phi) is 5.93. The summed E-state index contributed by atoms with van der Waals surface area (Å²) in [7, 11) is 0. The number of alkyl halides is 3. The monoisotopic (exact) mass is 469 g/mol. The zero-order valence-corrected chi connectivity index (χ0v) is 17.7. The number of nitrogens with two attached hydrogens (primary N) is 1. The molecule has 0 aliphatic carbocycles. The van der Waals surface area contributed by atoms with E-state index in [1.54, 1.807) is 24.3 Å². The van der Waals surface area contributed by atoms with Gasteiger partial charge in [-0.15, -0.1) is 0 Å². The summed E-state index contributed by atoms with van der Waals surface area (Å²) in [5.74, 6) is -0.193. The van der Waals surface area contributed by atoms with Crippen LogP contribution in [0.2, 0.25) is 0 Å². The van der Waals surface area contributed by atoms with Crippen LogP contribution >= 0.6 is 0 Å². The summed E-state index contributed by atoms with van der Waals surface area (Å²) in [6, 6.07) is 11.4. The Hall–Kier alpha value is -4.41. The smallest absolute Gasteiger partial charge is 0.416 e. The van der Waals surface area contributed by atoms with E-state index in [-0.39, 0.29) is 16.9 Å². The lowest BCUT2D eigenvalue weighted by Crippen LogP contribution is -2.30. The molecule has 0 spiro atoms. The average Bonchev–Trinajstić information content (AvgIpc) is 3.33. The van der Waals surface area contributed by atoms with E-state index in [1.807, 2.05) is 0 Å². The van der Waals surface area contributed by atoms with Gasteiger partial charge in [-0.1, -0.05) is 12.1 Å². The minimum atomic E-state index is -4.58. The number of nitrogen functional groups attached to an aromatic ring is 1. The van der Waals surface area contributed by atoms with E-state index in [1.165, 1.54) is 37.7 Å². The molecule has 2 aromatic heterocycles. The summed E-state index contributed by atoms with van der Waals surface area (Å²) in [5.41, 5.74) is 5.24. The van der Waals surface area contributed by atoms with Crippen molar-refractivity contribution in [1.82, 2.24) is 20.1 Å². The number of benzene rings is 2. The Bertz CT molecular complexity index is 1400. The van der Waals surface area contributed by atoms with Crippen LogP contribution in [0.5, 0.6) is 0 Å². The number of nitrogens with one attached hydrogen (secondary N) is 1. The molecule has 0 fully saturated rings. The molecule has 8 nitrogen and oxygen atoms in total. The van der Waals surface area contributed by atoms with Crippen LogP contribution in [0.4, 0.5) is 18.9 Å². The van der Waals surface area contributed by atoms with Crippen LogP contribution in [-0.4, -0.2) is 20.7 Å². The molecule has 1 atom stereocenters. The van der Waals surface area contributed by atoms with Crippen molar-refractivity contribution in [3.63, 3.8) is 0 Å². The Labute approximate surface area is 190 Å². The molecule has 0 aliphatic heterocycles. The van der Waals surface area contributed by atoms with Crippen molar-refractivity contribution in [2.75, 3.05) is 5.73 Å². The molecule has 4 aromatic rings. The second kappa shape index (κ2) is 8.85. The summed E-state index contributed by atoms with van der Waals surface area (Å²) < 4.78 is 45.6. The fraction of sp³-hybridized carbons (Fsp3) is 0.130. The minimum Gasteiger partial charge on any atom is -0.444 e. The normalized spacial score (nSPS) is 12.4. The molecular weight excluding hydrogens is 451 g/mol. The van der Waals surface area contributed by atoms with E-state index in [4.69, 9.17) is 10.2 Å². The zero-order valence-electron chi connectivity index (χ0n) is 17.7. The summed E-state index contributed by atoms with van der Waals surface area (Å²) in [5, 5.41) is 6.71. The van der Waals surface area contributed by atoms with Crippen molar-refractivity contribution in [3.05, 3.63) is 94.4 Å². The molecule has 11 heteroatoms. The molecule has 0 radical (unpaired) electrons. The van der Waals surface area contributed by atoms with E-state index in [2.05, 4.69) is 15.4 Å². The number of nitrogens with zero attached hydrogens (tertiary/aromatic N) is 3. The van der Waals surface area contributed by atoms with Gasteiger partial charge in [0.05, 0.1) is 23.5 Å². The summed E-state index contributed by atoms with van der Waals surface area (Å²) in [4.78, 5) is 29.1. The van der Waals surface area contributed by atoms with Gasteiger partial charge in [-0.2, -0.15) is 23.0 Å². The molecule has 4 rings (SSSR count). The molecule has 1 amide bonds. The summed E-state index contributed by atoms with van der Waals surface area (Å²) >= 11 is 0. The number of oxazole rings is 1. The number of anilines is 1. The van der Waals surface area contributed by atoms with Gasteiger partial charge in [0.1, 0.15) is 5.69 Å². The van der Waals surface area contributed by atoms with Crippen LogP contribution in [0, 0.1) is 0 Å². The molecule has 2 aromatic carbocycles. The SMILES string of the molecule is C[C@@H](NC(=O)c1ccc(=O)n(-c2cccc(-c3cnco3)c2)n1)c1cc(N)cc(C(F)(F)F)c1. The molecule has 34 heavy (non-hydrogen) atoms. The fourth-order valence-corrected chi connectivity index (χ4v) is 3.31. The average molecular weight is 469 g/mol. The van der Waals surface area contributed by atoms with Crippen LogP contribution in [0.3, 0.4) is 0 Å². The van der Waals surface area contributed by atoms with Crippen molar-refractivity contribution in [1.29, 1.82) is 0 Å². The first-order chi connectivity index (χ1) is 16.1. The van der Waals surface area contributed by atoms with Gasteiger partial charge in [0.2, 0.25) is 0 Å². The molecule has 0 unspecified atom stereocenters. The van der Waals surface area contributed by atoms with Crippen LogP contribution in [-0.2, 0) is 6.18 Å². The zero-order chi connectivity index (χ0) is 24.5. The predicted octanol–water partition coefficient (Wildman–Crippen LogP) is 3.98. The van der Waals surface area contributed by atoms with Gasteiger partial charge in [-0.05, 0) is 48.9 Å². The quantitative estimate of drug-likeness (QED) is 0.427. The summed E-state index contributed by atoms with van der Waals surface area (Å²) in [6.07, 6.45) is -1.79. The van der Waals surface area contributed by atoms with Gasteiger partial charge in [0.15, 0.2) is 12.2 Å². The van der Waals surface area contributed by atoms with Gasteiger partial charge in [-0.25, -0.2) is 4.98 Å². The minimum absolute atomic E-state index is 0.0794. The van der Waals surface area contributed by atoms with Gasteiger partial charge in [0.25, 0.3) is 11.5 Å². The highest BCUT2D eigenvalue weighted by atomic mass is 19.4. The second-order valence-corrected chi connectivity index (χ2v) is 7.47. The van der Waals surface area contributed by atoms with E-state index < -0.39 is 29.2 Å². The van der Waals surface area contributed by atoms with E-state index in [9.17, 15) is 22.8 Å².